The van der Waals surface area contributed by atoms with Crippen molar-refractivity contribution in [3.63, 3.8) is 0 Å². The van der Waals surface area contributed by atoms with Crippen LogP contribution in [0.5, 0.6) is 0 Å². The summed E-state index contributed by atoms with van der Waals surface area (Å²) in [6.45, 7) is 2.76. The Bertz CT molecular complexity index is 1220. The summed E-state index contributed by atoms with van der Waals surface area (Å²) in [5, 5.41) is 3.25. The first-order valence-electron chi connectivity index (χ1n) is 11.5. The predicted octanol–water partition coefficient (Wildman–Crippen LogP) is 5.21. The van der Waals surface area contributed by atoms with Crippen molar-refractivity contribution in [2.24, 2.45) is 5.92 Å². The van der Waals surface area contributed by atoms with E-state index >= 15 is 0 Å². The zero-order valence-corrected chi connectivity index (χ0v) is 21.6. The zero-order valence-electron chi connectivity index (χ0n) is 19.2. The van der Waals surface area contributed by atoms with Crippen molar-refractivity contribution in [2.45, 2.75) is 31.6 Å². The van der Waals surface area contributed by atoms with E-state index in [0.29, 0.717) is 25.9 Å². The van der Waals surface area contributed by atoms with Crippen LogP contribution < -0.4 is 5.32 Å². The van der Waals surface area contributed by atoms with Crippen LogP contribution in [0.3, 0.4) is 0 Å². The summed E-state index contributed by atoms with van der Waals surface area (Å²) in [4.78, 5) is 13.3. The molecule has 3 aromatic carbocycles. The molecule has 0 aromatic heterocycles. The van der Waals surface area contributed by atoms with E-state index in [9.17, 15) is 13.2 Å². The zero-order chi connectivity index (χ0) is 24.1. The third-order valence-electron chi connectivity index (χ3n) is 6.40. The number of sulfonamides is 1. The number of amides is 1. The molecule has 1 aliphatic heterocycles. The van der Waals surface area contributed by atoms with Gasteiger partial charge in [-0.3, -0.25) is 4.79 Å². The number of carbonyl (C=O) groups excluding carboxylic acids is 1. The van der Waals surface area contributed by atoms with Crippen LogP contribution in [-0.4, -0.2) is 31.7 Å². The van der Waals surface area contributed by atoms with Gasteiger partial charge in [0.15, 0.2) is 0 Å². The molecule has 1 aliphatic rings. The SMILES string of the molecule is Cc1ccccc1C(NC(=O)C1CCN(S(=O)(=O)Cc2ccc(Br)cc2)CC1)c1ccccc1. The molecule has 1 saturated heterocycles. The van der Waals surface area contributed by atoms with E-state index in [2.05, 4.69) is 21.2 Å². The van der Waals surface area contributed by atoms with E-state index in [4.69, 9.17) is 0 Å². The lowest BCUT2D eigenvalue weighted by Gasteiger charge is -2.32. The van der Waals surface area contributed by atoms with E-state index in [1.807, 2.05) is 85.8 Å². The molecule has 7 heteroatoms. The van der Waals surface area contributed by atoms with Gasteiger partial charge in [-0.1, -0.05) is 82.7 Å². The number of nitrogens with one attached hydrogen (secondary N) is 1. The monoisotopic (exact) mass is 540 g/mol. The third-order valence-corrected chi connectivity index (χ3v) is 8.78. The number of hydrogen-bond acceptors (Lipinski definition) is 3. The quantitative estimate of drug-likeness (QED) is 0.447. The summed E-state index contributed by atoms with van der Waals surface area (Å²) in [6.07, 6.45) is 1.03. The number of aryl methyl sites for hydroxylation is 1. The Balaban J connectivity index is 1.42. The second-order valence-corrected chi connectivity index (χ2v) is 11.6. The molecule has 34 heavy (non-hydrogen) atoms. The second-order valence-electron chi connectivity index (χ2n) is 8.76. The molecule has 0 radical (unpaired) electrons. The minimum absolute atomic E-state index is 0.0259. The molecule has 0 spiro atoms. The standard InChI is InChI=1S/C27H29BrN2O3S/c1-20-7-5-6-10-25(20)26(22-8-3-2-4-9-22)29-27(31)23-15-17-30(18-16-23)34(32,33)19-21-11-13-24(28)14-12-21/h2-14,23,26H,15-19H2,1H3,(H,29,31). The highest BCUT2D eigenvalue weighted by Gasteiger charge is 2.32. The fourth-order valence-corrected chi connectivity index (χ4v) is 6.26. The van der Waals surface area contributed by atoms with Crippen molar-refractivity contribution in [3.05, 3.63) is 106 Å². The average Bonchev–Trinajstić information content (AvgIpc) is 2.85. The van der Waals surface area contributed by atoms with E-state index in [1.165, 1.54) is 4.31 Å². The number of hydrogen-bond donors (Lipinski definition) is 1. The number of rotatable bonds is 7. The molecule has 0 aliphatic carbocycles. The van der Waals surface area contributed by atoms with Gasteiger partial charge in [0.05, 0.1) is 11.8 Å². The molecule has 0 bridgehead atoms. The Hall–Kier alpha value is -2.48. The summed E-state index contributed by atoms with van der Waals surface area (Å²) in [5.41, 5.74) is 3.97. The van der Waals surface area contributed by atoms with Crippen molar-refractivity contribution < 1.29 is 13.2 Å². The molecule has 1 N–H and O–H groups in total. The minimum Gasteiger partial charge on any atom is -0.345 e. The van der Waals surface area contributed by atoms with Crippen molar-refractivity contribution >= 4 is 31.9 Å². The first-order chi connectivity index (χ1) is 16.3. The lowest BCUT2D eigenvalue weighted by atomic mass is 9.92. The summed E-state index contributed by atoms with van der Waals surface area (Å²) in [7, 11) is -3.43. The molecule has 4 rings (SSSR count). The van der Waals surface area contributed by atoms with E-state index in [1.54, 1.807) is 0 Å². The first kappa shape index (κ1) is 24.6. The van der Waals surface area contributed by atoms with Gasteiger partial charge in [-0.25, -0.2) is 12.7 Å². The van der Waals surface area contributed by atoms with Crippen LogP contribution in [0.15, 0.2) is 83.3 Å². The number of nitrogens with zero attached hydrogens (tertiary/aromatic N) is 1. The van der Waals surface area contributed by atoms with Gasteiger partial charge in [0.25, 0.3) is 0 Å². The maximum absolute atomic E-state index is 13.3. The van der Waals surface area contributed by atoms with Crippen LogP contribution >= 0.6 is 15.9 Å². The van der Waals surface area contributed by atoms with Gasteiger partial charge >= 0.3 is 0 Å². The highest BCUT2D eigenvalue weighted by atomic mass is 79.9. The lowest BCUT2D eigenvalue weighted by Crippen LogP contribution is -2.44. The average molecular weight is 542 g/mol. The highest BCUT2D eigenvalue weighted by molar-refractivity contribution is 9.10. The van der Waals surface area contributed by atoms with Crippen LogP contribution in [-0.2, 0) is 20.6 Å². The maximum Gasteiger partial charge on any atom is 0.223 e. The molecule has 1 heterocycles. The molecular weight excluding hydrogens is 512 g/mol. The van der Waals surface area contributed by atoms with E-state index in [-0.39, 0.29) is 23.6 Å². The van der Waals surface area contributed by atoms with Gasteiger partial charge in [-0.2, -0.15) is 0 Å². The second kappa shape index (κ2) is 10.8. The topological polar surface area (TPSA) is 66.5 Å². The number of carbonyl (C=O) groups is 1. The fraction of sp³-hybridized carbons (Fsp3) is 0.296. The van der Waals surface area contributed by atoms with Crippen molar-refractivity contribution in [2.75, 3.05) is 13.1 Å². The van der Waals surface area contributed by atoms with Crippen LogP contribution in [0.1, 0.15) is 41.1 Å². The molecule has 0 saturated carbocycles. The van der Waals surface area contributed by atoms with Gasteiger partial charge in [-0.05, 0) is 54.2 Å². The highest BCUT2D eigenvalue weighted by Crippen LogP contribution is 2.27. The number of piperidine rings is 1. The largest absolute Gasteiger partial charge is 0.345 e. The number of halogens is 1. The molecule has 1 atom stereocenters. The third kappa shape index (κ3) is 5.95. The van der Waals surface area contributed by atoms with Crippen LogP contribution in [0.2, 0.25) is 0 Å². The molecule has 5 nitrogen and oxygen atoms in total. The van der Waals surface area contributed by atoms with Gasteiger partial charge in [0, 0.05) is 23.5 Å². The van der Waals surface area contributed by atoms with Gasteiger partial charge in [0.2, 0.25) is 15.9 Å². The Labute approximate surface area is 210 Å². The van der Waals surface area contributed by atoms with E-state index in [0.717, 1.165) is 26.7 Å². The van der Waals surface area contributed by atoms with Crippen LogP contribution in [0.4, 0.5) is 0 Å². The predicted molar refractivity (Wildman–Crippen MR) is 139 cm³/mol. The molecule has 1 fully saturated rings. The van der Waals surface area contributed by atoms with E-state index < -0.39 is 10.0 Å². The maximum atomic E-state index is 13.3. The molecule has 178 valence electrons. The number of benzene rings is 3. The summed E-state index contributed by atoms with van der Waals surface area (Å²) in [6, 6.07) is 25.1. The van der Waals surface area contributed by atoms with Crippen molar-refractivity contribution in [1.82, 2.24) is 9.62 Å². The smallest absolute Gasteiger partial charge is 0.223 e. The van der Waals surface area contributed by atoms with Crippen LogP contribution in [0.25, 0.3) is 0 Å². The Morgan fingerprint density at radius 1 is 0.971 bits per heavy atom. The molecule has 1 amide bonds. The molecule has 3 aromatic rings. The first-order valence-corrected chi connectivity index (χ1v) is 13.9. The Kier molecular flexibility index (Phi) is 7.86. The normalized spacial score (nSPS) is 16.2. The fourth-order valence-electron chi connectivity index (χ4n) is 4.44. The summed E-state index contributed by atoms with van der Waals surface area (Å²) >= 11 is 3.37. The lowest BCUT2D eigenvalue weighted by molar-refractivity contribution is -0.126. The summed E-state index contributed by atoms with van der Waals surface area (Å²) in [5.74, 6) is -0.267. The molecule has 1 unspecified atom stereocenters. The van der Waals surface area contributed by atoms with Gasteiger partial charge in [-0.15, -0.1) is 0 Å². The van der Waals surface area contributed by atoms with Crippen molar-refractivity contribution in [1.29, 1.82) is 0 Å². The minimum atomic E-state index is -3.43. The Morgan fingerprint density at radius 2 is 1.59 bits per heavy atom. The van der Waals surface area contributed by atoms with Gasteiger partial charge in [0.1, 0.15) is 0 Å². The van der Waals surface area contributed by atoms with Gasteiger partial charge < -0.3 is 5.32 Å². The summed E-state index contributed by atoms with van der Waals surface area (Å²) < 4.78 is 28.3. The molecular formula is C27H29BrN2O3S. The Morgan fingerprint density at radius 3 is 2.24 bits per heavy atom. The van der Waals surface area contributed by atoms with Crippen molar-refractivity contribution in [3.8, 4) is 0 Å². The van der Waals surface area contributed by atoms with Crippen LogP contribution in [0, 0.1) is 12.8 Å².